The Kier molecular flexibility index (Phi) is 8.98. The van der Waals surface area contributed by atoms with Gasteiger partial charge in [0.05, 0.1) is 11.1 Å². The van der Waals surface area contributed by atoms with Crippen molar-refractivity contribution in [2.75, 3.05) is 0 Å². The largest absolute Gasteiger partial charge is 1.00 e. The number of hydrogen-bond donors (Lipinski definition) is 2. The molecule has 0 amide bonds. The number of hydrogen-bond acceptors (Lipinski definition) is 5. The Morgan fingerprint density at radius 2 is 1.24 bits per heavy atom. The topological polar surface area (TPSA) is 138 Å². The van der Waals surface area contributed by atoms with E-state index in [0.29, 0.717) is 0 Å². The van der Waals surface area contributed by atoms with Gasteiger partial charge in [-0.05, 0) is 24.4 Å². The first-order valence-corrected chi connectivity index (χ1v) is 3.79. The van der Waals surface area contributed by atoms with E-state index in [0.717, 1.165) is 6.07 Å². The van der Waals surface area contributed by atoms with Crippen LogP contribution in [0.25, 0.3) is 0 Å². The van der Waals surface area contributed by atoms with Crippen molar-refractivity contribution in [3.63, 3.8) is 0 Å². The quantitative estimate of drug-likeness (QED) is 0.505. The minimum Gasteiger partial charge on any atom is -0.652 e. The van der Waals surface area contributed by atoms with Crippen molar-refractivity contribution >= 4 is 18.1 Å². The number of carbonyl (C=O) groups excluding carboxylic acids is 1. The Morgan fingerprint density at radius 3 is 1.47 bits per heavy atom. The summed E-state index contributed by atoms with van der Waals surface area (Å²) in [4.78, 5) is 29.1. The zero-order valence-electron chi connectivity index (χ0n) is 8.75. The molecule has 0 heterocycles. The second kappa shape index (κ2) is 8.57. The molecule has 1 aromatic rings. The molecule has 0 aliphatic rings. The van der Waals surface area contributed by atoms with E-state index in [2.05, 4.69) is 0 Å². The summed E-state index contributed by atoms with van der Waals surface area (Å²) >= 11 is 0. The van der Waals surface area contributed by atoms with Crippen LogP contribution in [0.5, 0.6) is 0 Å². The molecule has 0 aromatic heterocycles. The van der Waals surface area contributed by atoms with Crippen LogP contribution in [0, 0.1) is 0 Å². The fourth-order valence-electron chi connectivity index (χ4n) is 0.785. The van der Waals surface area contributed by atoms with Gasteiger partial charge in [0.15, 0.2) is 0 Å². The van der Waals surface area contributed by atoms with Gasteiger partial charge in [0.2, 0.25) is 0 Å². The molecule has 17 heavy (non-hydrogen) atoms. The van der Waals surface area contributed by atoms with Gasteiger partial charge >= 0.3 is 41.5 Å². The summed E-state index contributed by atoms with van der Waals surface area (Å²) in [7, 11) is 0. The van der Waals surface area contributed by atoms with E-state index in [-0.39, 0.29) is 40.7 Å². The summed E-state index contributed by atoms with van der Waals surface area (Å²) in [5.74, 6) is -2.25. The molecule has 2 N–H and O–H groups in total. The van der Waals surface area contributed by atoms with E-state index >= 15 is 0 Å². The van der Waals surface area contributed by atoms with Crippen molar-refractivity contribution in [1.82, 2.24) is 0 Å². The molecule has 8 heteroatoms. The number of rotatable bonds is 2. The molecule has 0 aliphatic carbocycles. The van der Waals surface area contributed by atoms with Gasteiger partial charge in [0.1, 0.15) is 0 Å². The van der Waals surface area contributed by atoms with Crippen molar-refractivity contribution in [2.24, 2.45) is 0 Å². The molecular weight excluding hydrogens is 243 g/mol. The number of benzene rings is 1. The summed E-state index contributed by atoms with van der Waals surface area (Å²) in [6.07, 6.45) is -2.33. The van der Waals surface area contributed by atoms with Crippen LogP contribution in [0.3, 0.4) is 0 Å². The molecular formula is C9H6NaO7-. The van der Waals surface area contributed by atoms with Crippen LogP contribution in [0.1, 0.15) is 20.7 Å². The zero-order valence-corrected chi connectivity index (χ0v) is 10.7. The summed E-state index contributed by atoms with van der Waals surface area (Å²) < 4.78 is 0. The predicted octanol–water partition coefficient (Wildman–Crippen LogP) is -4.36. The average Bonchev–Trinajstić information content (AvgIpc) is 2.17. The van der Waals surface area contributed by atoms with E-state index in [9.17, 15) is 9.59 Å². The van der Waals surface area contributed by atoms with E-state index < -0.39 is 18.1 Å². The van der Waals surface area contributed by atoms with E-state index in [4.69, 9.17) is 25.2 Å². The minimum absolute atomic E-state index is 0. The molecule has 1 rings (SSSR count). The Hall–Kier alpha value is -1.57. The molecule has 86 valence electrons. The summed E-state index contributed by atoms with van der Waals surface area (Å²) in [5.41, 5.74) is -0.0372. The normalized spacial score (nSPS) is 8.00. The van der Waals surface area contributed by atoms with Gasteiger partial charge in [-0.2, -0.15) is 0 Å². The SMILES string of the molecule is O=C(O)c1cccc(C(=O)O)c1.O=C([O-])[O-].[Na+]. The molecule has 0 radical (unpaired) electrons. The first-order valence-electron chi connectivity index (χ1n) is 3.79. The minimum atomic E-state index is -2.33. The molecule has 0 spiro atoms. The van der Waals surface area contributed by atoms with Gasteiger partial charge in [-0.1, -0.05) is 6.07 Å². The van der Waals surface area contributed by atoms with Gasteiger partial charge in [-0.15, -0.1) is 0 Å². The van der Waals surface area contributed by atoms with Crippen LogP contribution >= 0.6 is 0 Å². The van der Waals surface area contributed by atoms with Crippen molar-refractivity contribution in [3.05, 3.63) is 35.4 Å². The maximum absolute atomic E-state index is 10.4. The van der Waals surface area contributed by atoms with E-state index in [1.165, 1.54) is 18.2 Å². The van der Waals surface area contributed by atoms with Gasteiger partial charge in [-0.25, -0.2) is 9.59 Å². The van der Waals surface area contributed by atoms with Crippen LogP contribution in [0.2, 0.25) is 0 Å². The molecule has 1 aromatic carbocycles. The van der Waals surface area contributed by atoms with Gasteiger partial charge in [-0.3, -0.25) is 0 Å². The molecule has 0 atom stereocenters. The fraction of sp³-hybridized carbons (Fsp3) is 0. The van der Waals surface area contributed by atoms with Gasteiger partial charge < -0.3 is 25.2 Å². The Bertz CT molecular complexity index is 382. The molecule has 0 saturated carbocycles. The van der Waals surface area contributed by atoms with Crippen LogP contribution in [-0.2, 0) is 0 Å². The molecule has 7 nitrogen and oxygen atoms in total. The van der Waals surface area contributed by atoms with Crippen molar-refractivity contribution < 1.29 is 64.4 Å². The zero-order chi connectivity index (χ0) is 12.7. The summed E-state index contributed by atoms with van der Waals surface area (Å²) in [6.45, 7) is 0. The number of carbonyl (C=O) groups is 3. The Balaban J connectivity index is 0. The average molecular weight is 249 g/mol. The second-order valence-electron chi connectivity index (χ2n) is 2.44. The first kappa shape index (κ1) is 17.8. The van der Waals surface area contributed by atoms with E-state index in [1.807, 2.05) is 0 Å². The molecule has 0 aliphatic heterocycles. The molecule has 0 bridgehead atoms. The second-order valence-corrected chi connectivity index (χ2v) is 2.44. The van der Waals surface area contributed by atoms with Gasteiger partial charge in [0, 0.05) is 0 Å². The Morgan fingerprint density at radius 1 is 0.941 bits per heavy atom. The van der Waals surface area contributed by atoms with Crippen LogP contribution in [0.4, 0.5) is 4.79 Å². The van der Waals surface area contributed by atoms with Crippen LogP contribution in [-0.4, -0.2) is 28.3 Å². The molecule has 0 unspecified atom stereocenters. The number of aromatic carboxylic acids is 2. The number of carboxylic acids is 2. The first-order chi connectivity index (χ1) is 7.34. The van der Waals surface area contributed by atoms with Gasteiger partial charge in [0.25, 0.3) is 0 Å². The summed E-state index contributed by atoms with van der Waals surface area (Å²) in [5, 5.41) is 33.7. The third-order valence-electron chi connectivity index (χ3n) is 1.36. The smallest absolute Gasteiger partial charge is 0.652 e. The fourth-order valence-corrected chi connectivity index (χ4v) is 0.785. The summed E-state index contributed by atoms with van der Waals surface area (Å²) in [6, 6.07) is 5.20. The van der Waals surface area contributed by atoms with Crippen molar-refractivity contribution in [3.8, 4) is 0 Å². The maximum Gasteiger partial charge on any atom is 1.00 e. The number of carboxylic acid groups (broad SMARTS) is 4. The van der Waals surface area contributed by atoms with Crippen molar-refractivity contribution in [1.29, 1.82) is 0 Å². The third kappa shape index (κ3) is 8.26. The molecule has 0 fully saturated rings. The third-order valence-corrected chi connectivity index (χ3v) is 1.36. The monoisotopic (exact) mass is 249 g/mol. The van der Waals surface area contributed by atoms with Crippen LogP contribution in [0.15, 0.2) is 24.3 Å². The van der Waals surface area contributed by atoms with Crippen molar-refractivity contribution in [2.45, 2.75) is 0 Å². The van der Waals surface area contributed by atoms with E-state index in [1.54, 1.807) is 0 Å². The standard InChI is InChI=1S/C8H6O4.CH2O3.Na/c9-7(10)5-2-1-3-6(4-5)8(11)12;2-1(3)4;/h1-4H,(H,9,10)(H,11,12);(H2,2,3,4);/q;;+1/p-2. The Labute approximate surface area is 118 Å². The van der Waals surface area contributed by atoms with Crippen LogP contribution < -0.4 is 39.8 Å². The maximum atomic E-state index is 10.4. The molecule has 0 saturated heterocycles. The predicted molar refractivity (Wildman–Crippen MR) is 45.8 cm³/mol.